The third-order valence-electron chi connectivity index (χ3n) is 3.20. The molecule has 0 aromatic heterocycles. The van der Waals surface area contributed by atoms with Gasteiger partial charge in [0.15, 0.2) is 0 Å². The molecule has 1 aliphatic heterocycles. The van der Waals surface area contributed by atoms with Crippen molar-refractivity contribution >= 4 is 11.8 Å². The van der Waals surface area contributed by atoms with Crippen LogP contribution in [0, 0.1) is 6.92 Å². The zero-order valence-corrected chi connectivity index (χ0v) is 12.1. The Kier molecular flexibility index (Phi) is 5.50. The van der Waals surface area contributed by atoms with Crippen LogP contribution in [0.3, 0.4) is 0 Å². The van der Waals surface area contributed by atoms with Crippen LogP contribution in [0.15, 0.2) is 29.2 Å². The summed E-state index contributed by atoms with van der Waals surface area (Å²) in [5.74, 6) is 1.15. The van der Waals surface area contributed by atoms with E-state index in [1.807, 2.05) is 11.8 Å². The Morgan fingerprint density at radius 1 is 1.33 bits per heavy atom. The van der Waals surface area contributed by atoms with Crippen LogP contribution in [-0.2, 0) is 0 Å². The molecular formula is C14H23N3S. The van der Waals surface area contributed by atoms with Crippen molar-refractivity contribution in [1.29, 1.82) is 0 Å². The average Bonchev–Trinajstić information content (AvgIpc) is 2.84. The summed E-state index contributed by atoms with van der Waals surface area (Å²) in [4.78, 5) is 3.78. The molecular weight excluding hydrogens is 242 g/mol. The molecule has 1 aromatic rings. The van der Waals surface area contributed by atoms with Gasteiger partial charge < -0.3 is 10.2 Å². The van der Waals surface area contributed by atoms with E-state index >= 15 is 0 Å². The van der Waals surface area contributed by atoms with Crippen LogP contribution in [0.4, 0.5) is 0 Å². The fourth-order valence-electron chi connectivity index (χ4n) is 2.09. The number of nitrogens with zero attached hydrogens (tertiary/aromatic N) is 1. The van der Waals surface area contributed by atoms with Crippen LogP contribution in [0.25, 0.3) is 0 Å². The molecule has 0 saturated carbocycles. The van der Waals surface area contributed by atoms with E-state index in [1.165, 1.54) is 10.5 Å². The number of aryl methyl sites for hydroxylation is 1. The molecule has 2 N–H and O–H groups in total. The van der Waals surface area contributed by atoms with Crippen molar-refractivity contribution in [2.75, 3.05) is 39.1 Å². The summed E-state index contributed by atoms with van der Waals surface area (Å²) in [5, 5.41) is 6.76. The molecule has 1 aliphatic rings. The summed E-state index contributed by atoms with van der Waals surface area (Å²) in [6.07, 6.45) is 0. The van der Waals surface area contributed by atoms with Crippen LogP contribution >= 0.6 is 11.8 Å². The third kappa shape index (κ3) is 4.61. The van der Waals surface area contributed by atoms with Crippen molar-refractivity contribution in [3.63, 3.8) is 0 Å². The second-order valence-electron chi connectivity index (χ2n) is 4.96. The highest BCUT2D eigenvalue weighted by molar-refractivity contribution is 7.99. The van der Waals surface area contributed by atoms with Crippen molar-refractivity contribution in [2.24, 2.45) is 0 Å². The minimum atomic E-state index is 0.611. The van der Waals surface area contributed by atoms with Gasteiger partial charge in [0.2, 0.25) is 0 Å². The second-order valence-corrected chi connectivity index (χ2v) is 6.12. The number of thioether (sulfide) groups is 1. The summed E-state index contributed by atoms with van der Waals surface area (Å²) in [6, 6.07) is 9.39. The molecule has 100 valence electrons. The SMILES string of the molecule is Cc1ccc(SCCN(C)CC2CNCN2)cc1. The Hall–Kier alpha value is -0.550. The lowest BCUT2D eigenvalue weighted by molar-refractivity contribution is 0.323. The minimum absolute atomic E-state index is 0.611. The van der Waals surface area contributed by atoms with Gasteiger partial charge in [-0.05, 0) is 26.1 Å². The molecule has 2 rings (SSSR count). The third-order valence-corrected chi connectivity index (χ3v) is 4.19. The van der Waals surface area contributed by atoms with Gasteiger partial charge in [0.05, 0.1) is 0 Å². The Morgan fingerprint density at radius 3 is 2.78 bits per heavy atom. The van der Waals surface area contributed by atoms with E-state index in [4.69, 9.17) is 0 Å². The van der Waals surface area contributed by atoms with Gasteiger partial charge in [-0.1, -0.05) is 17.7 Å². The smallest absolute Gasteiger partial charge is 0.0457 e. The summed E-state index contributed by atoms with van der Waals surface area (Å²) < 4.78 is 0. The highest BCUT2D eigenvalue weighted by Crippen LogP contribution is 2.17. The molecule has 0 bridgehead atoms. The predicted molar refractivity (Wildman–Crippen MR) is 79.2 cm³/mol. The van der Waals surface area contributed by atoms with Crippen LogP contribution < -0.4 is 10.6 Å². The monoisotopic (exact) mass is 265 g/mol. The Labute approximate surface area is 114 Å². The van der Waals surface area contributed by atoms with Gasteiger partial charge in [-0.15, -0.1) is 11.8 Å². The summed E-state index contributed by atoms with van der Waals surface area (Å²) in [6.45, 7) is 6.44. The second kappa shape index (κ2) is 7.14. The van der Waals surface area contributed by atoms with Gasteiger partial charge in [-0.25, -0.2) is 0 Å². The first-order valence-corrected chi connectivity index (χ1v) is 7.55. The van der Waals surface area contributed by atoms with E-state index in [-0.39, 0.29) is 0 Å². The number of nitrogens with one attached hydrogen (secondary N) is 2. The van der Waals surface area contributed by atoms with Crippen LogP contribution in [-0.4, -0.2) is 50.0 Å². The fourth-order valence-corrected chi connectivity index (χ4v) is 3.05. The van der Waals surface area contributed by atoms with Gasteiger partial charge >= 0.3 is 0 Å². The quantitative estimate of drug-likeness (QED) is 0.763. The maximum Gasteiger partial charge on any atom is 0.0457 e. The van der Waals surface area contributed by atoms with Crippen LogP contribution in [0.5, 0.6) is 0 Å². The van der Waals surface area contributed by atoms with E-state index in [0.717, 1.165) is 32.1 Å². The van der Waals surface area contributed by atoms with Gasteiger partial charge in [0, 0.05) is 43.0 Å². The van der Waals surface area contributed by atoms with Crippen molar-refractivity contribution in [3.05, 3.63) is 29.8 Å². The lowest BCUT2D eigenvalue weighted by atomic mass is 10.2. The van der Waals surface area contributed by atoms with Crippen molar-refractivity contribution < 1.29 is 0 Å². The normalized spacial score (nSPS) is 19.6. The van der Waals surface area contributed by atoms with E-state index in [0.29, 0.717) is 6.04 Å². The first kappa shape index (κ1) is 13.9. The highest BCUT2D eigenvalue weighted by atomic mass is 32.2. The predicted octanol–water partition coefficient (Wildman–Crippen LogP) is 1.54. The molecule has 0 spiro atoms. The molecule has 18 heavy (non-hydrogen) atoms. The van der Waals surface area contributed by atoms with E-state index in [1.54, 1.807) is 0 Å². The minimum Gasteiger partial charge on any atom is -0.304 e. The van der Waals surface area contributed by atoms with E-state index < -0.39 is 0 Å². The zero-order valence-electron chi connectivity index (χ0n) is 11.3. The maximum absolute atomic E-state index is 3.44. The molecule has 4 heteroatoms. The molecule has 1 aromatic carbocycles. The lowest BCUT2D eigenvalue weighted by Gasteiger charge is -2.20. The van der Waals surface area contributed by atoms with Gasteiger partial charge in [0.1, 0.15) is 0 Å². The highest BCUT2D eigenvalue weighted by Gasteiger charge is 2.14. The zero-order chi connectivity index (χ0) is 12.8. The summed E-state index contributed by atoms with van der Waals surface area (Å²) >= 11 is 1.94. The van der Waals surface area contributed by atoms with Gasteiger partial charge in [-0.3, -0.25) is 5.32 Å². The fraction of sp³-hybridized carbons (Fsp3) is 0.571. The molecule has 1 unspecified atom stereocenters. The Bertz CT molecular complexity index is 347. The topological polar surface area (TPSA) is 27.3 Å². The van der Waals surface area contributed by atoms with Gasteiger partial charge in [-0.2, -0.15) is 0 Å². The molecule has 1 heterocycles. The lowest BCUT2D eigenvalue weighted by Crippen LogP contribution is -2.38. The van der Waals surface area contributed by atoms with E-state index in [9.17, 15) is 0 Å². The number of hydrogen-bond acceptors (Lipinski definition) is 4. The van der Waals surface area contributed by atoms with Crippen molar-refractivity contribution in [1.82, 2.24) is 15.5 Å². The average molecular weight is 265 g/mol. The Morgan fingerprint density at radius 2 is 2.11 bits per heavy atom. The first-order valence-electron chi connectivity index (χ1n) is 6.56. The summed E-state index contributed by atoms with van der Waals surface area (Å²) in [5.41, 5.74) is 1.33. The van der Waals surface area contributed by atoms with Crippen LogP contribution in [0.2, 0.25) is 0 Å². The van der Waals surface area contributed by atoms with E-state index in [2.05, 4.69) is 53.8 Å². The van der Waals surface area contributed by atoms with Gasteiger partial charge in [0.25, 0.3) is 0 Å². The van der Waals surface area contributed by atoms with Crippen molar-refractivity contribution in [3.8, 4) is 0 Å². The number of likely N-dealkylation sites (N-methyl/N-ethyl adjacent to an activating group) is 1. The first-order chi connectivity index (χ1) is 8.74. The molecule has 0 radical (unpaired) electrons. The maximum atomic E-state index is 3.44. The molecule has 1 fully saturated rings. The molecule has 1 saturated heterocycles. The Balaban J connectivity index is 1.63. The van der Waals surface area contributed by atoms with Crippen molar-refractivity contribution in [2.45, 2.75) is 17.9 Å². The molecule has 3 nitrogen and oxygen atoms in total. The van der Waals surface area contributed by atoms with Crippen LogP contribution in [0.1, 0.15) is 5.56 Å². The number of benzene rings is 1. The largest absolute Gasteiger partial charge is 0.304 e. The molecule has 1 atom stereocenters. The number of hydrogen-bond donors (Lipinski definition) is 2. The molecule has 0 amide bonds. The summed E-state index contributed by atoms with van der Waals surface area (Å²) in [7, 11) is 2.20. The standard InChI is InChI=1S/C14H23N3S/c1-12-3-5-14(6-4-12)18-8-7-17(2)10-13-9-15-11-16-13/h3-6,13,15-16H,7-11H2,1-2H3. The molecule has 0 aliphatic carbocycles. The number of rotatable bonds is 6.